The molecule has 2 aromatic carbocycles. The lowest BCUT2D eigenvalue weighted by atomic mass is 9.95. The molecular weight excluding hydrogens is 524 g/mol. The summed E-state index contributed by atoms with van der Waals surface area (Å²) in [5.74, 6) is 0.276. The lowest BCUT2D eigenvalue weighted by Crippen LogP contribution is -2.51. The van der Waals surface area contributed by atoms with Crippen molar-refractivity contribution in [2.75, 3.05) is 6.61 Å². The van der Waals surface area contributed by atoms with Crippen LogP contribution < -0.4 is 10.1 Å². The maximum absolute atomic E-state index is 13.1. The summed E-state index contributed by atoms with van der Waals surface area (Å²) in [7, 11) is 0. The van der Waals surface area contributed by atoms with Crippen molar-refractivity contribution in [2.24, 2.45) is 0 Å². The number of hydrogen-bond donors (Lipinski definition) is 1. The van der Waals surface area contributed by atoms with Crippen LogP contribution in [0, 0.1) is 0 Å². The molecule has 1 fully saturated rings. The number of hydrogen-bond acceptors (Lipinski definition) is 3. The van der Waals surface area contributed by atoms with E-state index in [1.165, 1.54) is 6.42 Å². The van der Waals surface area contributed by atoms with Gasteiger partial charge in [0.25, 0.3) is 5.91 Å². The second-order valence-corrected chi connectivity index (χ2v) is 9.74. The Morgan fingerprint density at radius 1 is 1.00 bits per heavy atom. The Kier molecular flexibility index (Phi) is 8.96. The van der Waals surface area contributed by atoms with Gasteiger partial charge in [0.2, 0.25) is 5.91 Å². The van der Waals surface area contributed by atoms with E-state index in [-0.39, 0.29) is 24.5 Å². The summed E-state index contributed by atoms with van der Waals surface area (Å²) >= 11 is 6.82. The third-order valence-electron chi connectivity index (χ3n) is 5.56. The van der Waals surface area contributed by atoms with Gasteiger partial charge in [-0.1, -0.05) is 63.3 Å². The zero-order chi connectivity index (χ0) is 22.2. The minimum absolute atomic E-state index is 0.110. The molecule has 0 heterocycles. The number of carbonyl (C=O) groups excluding carboxylic acids is 2. The number of ether oxygens (including phenoxy) is 1. The summed E-state index contributed by atoms with van der Waals surface area (Å²) in [5, 5.41) is 3.14. The van der Waals surface area contributed by atoms with E-state index in [9.17, 15) is 9.59 Å². The van der Waals surface area contributed by atoms with Gasteiger partial charge in [-0.05, 0) is 61.7 Å². The van der Waals surface area contributed by atoms with Gasteiger partial charge in [-0.3, -0.25) is 9.59 Å². The Bertz CT molecular complexity index is 865. The van der Waals surface area contributed by atoms with Crippen LogP contribution >= 0.6 is 31.9 Å². The minimum atomic E-state index is -0.591. The van der Waals surface area contributed by atoms with Crippen LogP contribution in [0.2, 0.25) is 0 Å². The number of carbonyl (C=O) groups is 2. The van der Waals surface area contributed by atoms with Crippen molar-refractivity contribution in [3.05, 3.63) is 63.0 Å². The van der Waals surface area contributed by atoms with Gasteiger partial charge >= 0.3 is 0 Å². The first-order chi connectivity index (χ1) is 14.9. The maximum Gasteiger partial charge on any atom is 0.261 e. The van der Waals surface area contributed by atoms with E-state index >= 15 is 0 Å². The lowest BCUT2D eigenvalue weighted by molar-refractivity contribution is -0.142. The molecule has 3 rings (SSSR count). The molecule has 7 heteroatoms. The van der Waals surface area contributed by atoms with Crippen molar-refractivity contribution in [2.45, 2.75) is 57.7 Å². The first-order valence-corrected chi connectivity index (χ1v) is 12.2. The normalized spacial score (nSPS) is 15.2. The molecule has 0 unspecified atom stereocenters. The van der Waals surface area contributed by atoms with Crippen LogP contribution in [0.1, 0.15) is 44.6 Å². The van der Waals surface area contributed by atoms with E-state index in [4.69, 9.17) is 4.74 Å². The molecule has 1 saturated carbocycles. The predicted octanol–water partition coefficient (Wildman–Crippen LogP) is 5.46. The van der Waals surface area contributed by atoms with E-state index in [0.29, 0.717) is 12.3 Å². The highest BCUT2D eigenvalue weighted by Crippen LogP contribution is 2.20. The molecule has 31 heavy (non-hydrogen) atoms. The highest BCUT2D eigenvalue weighted by molar-refractivity contribution is 9.10. The van der Waals surface area contributed by atoms with Gasteiger partial charge in [0, 0.05) is 21.5 Å². The smallest absolute Gasteiger partial charge is 0.261 e. The molecule has 166 valence electrons. The van der Waals surface area contributed by atoms with E-state index in [1.807, 2.05) is 36.4 Å². The highest BCUT2D eigenvalue weighted by Gasteiger charge is 2.28. The lowest BCUT2D eigenvalue weighted by Gasteiger charge is -2.31. The standard InChI is InChI=1S/C24H28Br2N2O3/c1-17(24(30)27-21-5-3-2-4-6-21)28(15-18-7-9-19(25)10-8-18)23(29)16-31-22-13-11-20(26)12-14-22/h7-14,17,21H,2-6,15-16H2,1H3,(H,27,30)/t17-/m0/s1. The molecule has 0 saturated heterocycles. The fourth-order valence-electron chi connectivity index (χ4n) is 3.70. The monoisotopic (exact) mass is 550 g/mol. The molecule has 0 bridgehead atoms. The number of nitrogens with one attached hydrogen (secondary N) is 1. The maximum atomic E-state index is 13.1. The number of halogens is 2. The quantitative estimate of drug-likeness (QED) is 0.474. The zero-order valence-electron chi connectivity index (χ0n) is 17.7. The number of amides is 2. The van der Waals surface area contributed by atoms with E-state index < -0.39 is 6.04 Å². The molecule has 1 aliphatic rings. The number of nitrogens with zero attached hydrogens (tertiary/aromatic N) is 1. The minimum Gasteiger partial charge on any atom is -0.484 e. The molecule has 0 aliphatic heterocycles. The van der Waals surface area contributed by atoms with E-state index in [0.717, 1.165) is 40.2 Å². The molecule has 1 atom stereocenters. The summed E-state index contributed by atoms with van der Waals surface area (Å²) in [5.41, 5.74) is 0.956. The van der Waals surface area contributed by atoms with Crippen molar-refractivity contribution >= 4 is 43.7 Å². The summed E-state index contributed by atoms with van der Waals surface area (Å²) in [6, 6.07) is 14.7. The van der Waals surface area contributed by atoms with Crippen LogP contribution in [-0.4, -0.2) is 35.4 Å². The van der Waals surface area contributed by atoms with Crippen molar-refractivity contribution in [1.82, 2.24) is 10.2 Å². The van der Waals surface area contributed by atoms with Crippen LogP contribution in [0.15, 0.2) is 57.5 Å². The fraction of sp³-hybridized carbons (Fsp3) is 0.417. The molecule has 0 aromatic heterocycles. The first-order valence-electron chi connectivity index (χ1n) is 10.6. The third kappa shape index (κ3) is 7.35. The van der Waals surface area contributed by atoms with Crippen molar-refractivity contribution in [3.8, 4) is 5.75 Å². The first kappa shape index (κ1) is 23.8. The number of benzene rings is 2. The molecule has 0 spiro atoms. The summed E-state index contributed by atoms with van der Waals surface area (Å²) in [6.07, 6.45) is 5.52. The Morgan fingerprint density at radius 3 is 2.19 bits per heavy atom. The molecule has 1 aliphatic carbocycles. The van der Waals surface area contributed by atoms with Gasteiger partial charge in [-0.2, -0.15) is 0 Å². The Labute approximate surface area is 200 Å². The largest absolute Gasteiger partial charge is 0.484 e. The average molecular weight is 552 g/mol. The van der Waals surface area contributed by atoms with Crippen molar-refractivity contribution < 1.29 is 14.3 Å². The molecule has 2 amide bonds. The predicted molar refractivity (Wildman–Crippen MR) is 129 cm³/mol. The Balaban J connectivity index is 1.69. The van der Waals surface area contributed by atoms with Crippen LogP contribution in [-0.2, 0) is 16.1 Å². The van der Waals surface area contributed by atoms with Gasteiger partial charge in [0.15, 0.2) is 6.61 Å². The van der Waals surface area contributed by atoms with Gasteiger partial charge in [-0.15, -0.1) is 0 Å². The Hall–Kier alpha value is -1.86. The van der Waals surface area contributed by atoms with Gasteiger partial charge in [0.1, 0.15) is 11.8 Å². The van der Waals surface area contributed by atoms with E-state index in [2.05, 4.69) is 37.2 Å². The second kappa shape index (κ2) is 11.7. The fourth-order valence-corrected chi connectivity index (χ4v) is 4.23. The molecule has 2 aromatic rings. The number of rotatable bonds is 8. The topological polar surface area (TPSA) is 58.6 Å². The van der Waals surface area contributed by atoms with E-state index in [1.54, 1.807) is 24.0 Å². The molecular formula is C24H28Br2N2O3. The van der Waals surface area contributed by atoms with Crippen molar-refractivity contribution in [3.63, 3.8) is 0 Å². The molecule has 5 nitrogen and oxygen atoms in total. The van der Waals surface area contributed by atoms with Gasteiger partial charge < -0.3 is 15.0 Å². The SMILES string of the molecule is C[C@@H](C(=O)NC1CCCCC1)N(Cc1ccc(Br)cc1)C(=O)COc1ccc(Br)cc1. The van der Waals surface area contributed by atoms with Crippen molar-refractivity contribution in [1.29, 1.82) is 0 Å². The van der Waals surface area contributed by atoms with Crippen LogP contribution in [0.25, 0.3) is 0 Å². The van der Waals surface area contributed by atoms with Crippen LogP contribution in [0.4, 0.5) is 0 Å². The zero-order valence-corrected chi connectivity index (χ0v) is 20.8. The summed E-state index contributed by atoms with van der Waals surface area (Å²) in [6.45, 7) is 2.00. The second-order valence-electron chi connectivity index (χ2n) is 7.91. The summed E-state index contributed by atoms with van der Waals surface area (Å²) in [4.78, 5) is 27.6. The summed E-state index contributed by atoms with van der Waals surface area (Å²) < 4.78 is 7.60. The van der Waals surface area contributed by atoms with Crippen LogP contribution in [0.3, 0.4) is 0 Å². The third-order valence-corrected chi connectivity index (χ3v) is 6.62. The molecule has 0 radical (unpaired) electrons. The van der Waals surface area contributed by atoms with Gasteiger partial charge in [-0.25, -0.2) is 0 Å². The Morgan fingerprint density at radius 2 is 1.58 bits per heavy atom. The highest BCUT2D eigenvalue weighted by atomic mass is 79.9. The van der Waals surface area contributed by atoms with Gasteiger partial charge in [0.05, 0.1) is 0 Å². The van der Waals surface area contributed by atoms with Crippen LogP contribution in [0.5, 0.6) is 5.75 Å². The molecule has 1 N–H and O–H groups in total. The average Bonchev–Trinajstić information content (AvgIpc) is 2.78.